The number of halogens is 1. The average molecular weight is 330 g/mol. The fourth-order valence-corrected chi connectivity index (χ4v) is 2.64. The lowest BCUT2D eigenvalue weighted by Crippen LogP contribution is -2.27. The van der Waals surface area contributed by atoms with Crippen molar-refractivity contribution in [3.05, 3.63) is 51.7 Å². The molecule has 2 aromatic rings. The molecular formula is C17H20ClN5. The highest BCUT2D eigenvalue weighted by Gasteiger charge is 2.18. The highest BCUT2D eigenvalue weighted by atomic mass is 35.5. The van der Waals surface area contributed by atoms with E-state index in [0.717, 1.165) is 21.8 Å². The first-order valence-electron chi connectivity index (χ1n) is 7.34. The maximum absolute atomic E-state index is 9.37. The minimum absolute atomic E-state index is 0.0543. The van der Waals surface area contributed by atoms with Gasteiger partial charge in [-0.1, -0.05) is 29.8 Å². The van der Waals surface area contributed by atoms with Gasteiger partial charge in [0.1, 0.15) is 11.6 Å². The molecule has 1 heterocycles. The molecule has 0 saturated heterocycles. The zero-order chi connectivity index (χ0) is 17.0. The zero-order valence-corrected chi connectivity index (χ0v) is 14.5. The third-order valence-electron chi connectivity index (χ3n) is 3.92. The van der Waals surface area contributed by atoms with Crippen LogP contribution in [0.5, 0.6) is 0 Å². The Labute approximate surface area is 141 Å². The Bertz CT molecular complexity index is 736. The van der Waals surface area contributed by atoms with Crippen molar-refractivity contribution in [3.63, 3.8) is 0 Å². The summed E-state index contributed by atoms with van der Waals surface area (Å²) in [5.41, 5.74) is 3.18. The van der Waals surface area contributed by atoms with Gasteiger partial charge in [-0.15, -0.1) is 5.10 Å². The van der Waals surface area contributed by atoms with Crippen LogP contribution in [0.4, 0.5) is 5.82 Å². The Morgan fingerprint density at radius 2 is 1.96 bits per heavy atom. The van der Waals surface area contributed by atoms with Gasteiger partial charge in [-0.25, -0.2) is 0 Å². The summed E-state index contributed by atoms with van der Waals surface area (Å²) in [7, 11) is 3.99. The van der Waals surface area contributed by atoms with Gasteiger partial charge in [0.15, 0.2) is 5.82 Å². The lowest BCUT2D eigenvalue weighted by atomic mass is 10.1. The van der Waals surface area contributed by atoms with Gasteiger partial charge in [0.2, 0.25) is 0 Å². The second-order valence-corrected chi connectivity index (χ2v) is 6.03. The van der Waals surface area contributed by atoms with E-state index in [1.165, 1.54) is 0 Å². The van der Waals surface area contributed by atoms with Crippen LogP contribution in [0.1, 0.15) is 28.4 Å². The fourth-order valence-electron chi connectivity index (χ4n) is 2.38. The minimum atomic E-state index is 0.0543. The molecule has 1 aromatic carbocycles. The molecule has 1 atom stereocenters. The Kier molecular flexibility index (Phi) is 5.54. The van der Waals surface area contributed by atoms with Gasteiger partial charge >= 0.3 is 0 Å². The van der Waals surface area contributed by atoms with Gasteiger partial charge in [-0.05, 0) is 45.1 Å². The molecule has 2 rings (SSSR count). The van der Waals surface area contributed by atoms with Crippen LogP contribution >= 0.6 is 11.6 Å². The predicted octanol–water partition coefficient (Wildman–Crippen LogP) is 3.33. The summed E-state index contributed by atoms with van der Waals surface area (Å²) in [6.07, 6.45) is 0. The van der Waals surface area contributed by atoms with Crippen molar-refractivity contribution in [2.45, 2.75) is 19.9 Å². The molecule has 23 heavy (non-hydrogen) atoms. The summed E-state index contributed by atoms with van der Waals surface area (Å²) in [6, 6.07) is 10.0. The number of aryl methyl sites for hydroxylation is 1. The van der Waals surface area contributed by atoms with E-state index in [4.69, 9.17) is 11.6 Å². The highest BCUT2D eigenvalue weighted by molar-refractivity contribution is 6.31. The molecule has 1 N–H and O–H groups in total. The first kappa shape index (κ1) is 17.2. The Morgan fingerprint density at radius 3 is 2.57 bits per heavy atom. The SMILES string of the molecule is Cc1nnc(NC[C@H](c2ccccc2Cl)N(C)C)c(C#N)c1C. The van der Waals surface area contributed by atoms with Crippen molar-refractivity contribution in [2.75, 3.05) is 26.0 Å². The average Bonchev–Trinajstić information content (AvgIpc) is 2.52. The fraction of sp³-hybridized carbons (Fsp3) is 0.353. The van der Waals surface area contributed by atoms with E-state index < -0.39 is 0 Å². The first-order valence-corrected chi connectivity index (χ1v) is 7.72. The van der Waals surface area contributed by atoms with Crippen molar-refractivity contribution in [1.29, 1.82) is 5.26 Å². The van der Waals surface area contributed by atoms with Crippen LogP contribution in [0.2, 0.25) is 5.02 Å². The number of nitrogens with zero attached hydrogens (tertiary/aromatic N) is 4. The quantitative estimate of drug-likeness (QED) is 0.911. The lowest BCUT2D eigenvalue weighted by molar-refractivity contribution is 0.311. The molecular weight excluding hydrogens is 310 g/mol. The van der Waals surface area contributed by atoms with Crippen molar-refractivity contribution in [2.24, 2.45) is 0 Å². The molecule has 0 bridgehead atoms. The molecule has 0 saturated carbocycles. The zero-order valence-electron chi connectivity index (χ0n) is 13.8. The molecule has 0 spiro atoms. The van der Waals surface area contributed by atoms with Crippen molar-refractivity contribution < 1.29 is 0 Å². The third-order valence-corrected chi connectivity index (χ3v) is 4.26. The molecule has 1 aromatic heterocycles. The van der Waals surface area contributed by atoms with E-state index in [1.807, 2.05) is 52.2 Å². The normalized spacial score (nSPS) is 12.0. The molecule has 0 unspecified atom stereocenters. The van der Waals surface area contributed by atoms with E-state index in [2.05, 4.69) is 26.5 Å². The van der Waals surface area contributed by atoms with E-state index >= 15 is 0 Å². The Hall–Kier alpha value is -2.16. The van der Waals surface area contributed by atoms with Gasteiger partial charge in [-0.3, -0.25) is 0 Å². The van der Waals surface area contributed by atoms with Crippen LogP contribution in [0.3, 0.4) is 0 Å². The summed E-state index contributed by atoms with van der Waals surface area (Å²) in [5, 5.41) is 21.6. The molecule has 0 aliphatic carbocycles. The van der Waals surface area contributed by atoms with Crippen molar-refractivity contribution in [1.82, 2.24) is 15.1 Å². The number of anilines is 1. The lowest BCUT2D eigenvalue weighted by Gasteiger charge is -2.26. The Morgan fingerprint density at radius 1 is 1.26 bits per heavy atom. The topological polar surface area (TPSA) is 64.8 Å². The summed E-state index contributed by atoms with van der Waals surface area (Å²) < 4.78 is 0. The van der Waals surface area contributed by atoms with Gasteiger partial charge in [0.05, 0.1) is 11.7 Å². The van der Waals surface area contributed by atoms with E-state index in [-0.39, 0.29) is 6.04 Å². The number of benzene rings is 1. The smallest absolute Gasteiger partial charge is 0.167 e. The maximum Gasteiger partial charge on any atom is 0.167 e. The largest absolute Gasteiger partial charge is 0.366 e. The van der Waals surface area contributed by atoms with Gasteiger partial charge in [-0.2, -0.15) is 10.4 Å². The minimum Gasteiger partial charge on any atom is -0.366 e. The maximum atomic E-state index is 9.37. The molecule has 120 valence electrons. The second kappa shape index (κ2) is 7.40. The van der Waals surface area contributed by atoms with Crippen LogP contribution in [0, 0.1) is 25.2 Å². The van der Waals surface area contributed by atoms with Gasteiger partial charge in [0, 0.05) is 11.6 Å². The highest BCUT2D eigenvalue weighted by Crippen LogP contribution is 2.27. The van der Waals surface area contributed by atoms with Gasteiger partial charge in [0.25, 0.3) is 0 Å². The monoisotopic (exact) mass is 329 g/mol. The third kappa shape index (κ3) is 3.79. The predicted molar refractivity (Wildman–Crippen MR) is 92.6 cm³/mol. The molecule has 0 aliphatic rings. The molecule has 0 radical (unpaired) electrons. The number of rotatable bonds is 5. The molecule has 0 aliphatic heterocycles. The van der Waals surface area contributed by atoms with Crippen molar-refractivity contribution >= 4 is 17.4 Å². The Balaban J connectivity index is 2.26. The van der Waals surface area contributed by atoms with Crippen LogP contribution in [0.25, 0.3) is 0 Å². The van der Waals surface area contributed by atoms with Crippen LogP contribution < -0.4 is 5.32 Å². The number of nitrogens with one attached hydrogen (secondary N) is 1. The number of hydrogen-bond donors (Lipinski definition) is 1. The molecule has 5 nitrogen and oxygen atoms in total. The van der Waals surface area contributed by atoms with Crippen molar-refractivity contribution in [3.8, 4) is 6.07 Å². The number of nitriles is 1. The molecule has 0 fully saturated rings. The van der Waals surface area contributed by atoms with E-state index in [1.54, 1.807) is 0 Å². The van der Waals surface area contributed by atoms with Crippen LogP contribution in [-0.4, -0.2) is 35.7 Å². The van der Waals surface area contributed by atoms with E-state index in [0.29, 0.717) is 17.9 Å². The number of likely N-dealkylation sites (N-methyl/N-ethyl adjacent to an activating group) is 1. The van der Waals surface area contributed by atoms with Crippen LogP contribution in [0.15, 0.2) is 24.3 Å². The van der Waals surface area contributed by atoms with Crippen LogP contribution in [-0.2, 0) is 0 Å². The summed E-state index contributed by atoms with van der Waals surface area (Å²) in [4.78, 5) is 2.08. The summed E-state index contributed by atoms with van der Waals surface area (Å²) in [6.45, 7) is 4.30. The van der Waals surface area contributed by atoms with E-state index in [9.17, 15) is 5.26 Å². The second-order valence-electron chi connectivity index (χ2n) is 5.63. The molecule has 0 amide bonds. The summed E-state index contributed by atoms with van der Waals surface area (Å²) >= 11 is 6.31. The number of aromatic nitrogens is 2. The number of hydrogen-bond acceptors (Lipinski definition) is 5. The standard InChI is InChI=1S/C17H20ClN5/c1-11-12(2)21-22-17(14(11)9-19)20-10-16(23(3)4)13-7-5-6-8-15(13)18/h5-8,16H,10H2,1-4H3,(H,20,22)/t16-/m1/s1. The van der Waals surface area contributed by atoms with Gasteiger partial charge < -0.3 is 10.2 Å². The summed E-state index contributed by atoms with van der Waals surface area (Å²) in [5.74, 6) is 0.509. The molecule has 6 heteroatoms. The first-order chi connectivity index (χ1) is 11.0.